The van der Waals surface area contributed by atoms with Crippen LogP contribution in [0, 0.1) is 5.92 Å². The average molecular weight is 498 g/mol. The molecule has 2 rings (SSSR count). The van der Waals surface area contributed by atoms with E-state index in [9.17, 15) is 32.7 Å². The first-order valence-corrected chi connectivity index (χ1v) is 12.5. The molecule has 1 aliphatic heterocycles. The maximum atomic E-state index is 13.1. The van der Waals surface area contributed by atoms with Gasteiger partial charge in [-0.3, -0.25) is 14.4 Å². The summed E-state index contributed by atoms with van der Waals surface area (Å²) in [4.78, 5) is 46.8. The van der Waals surface area contributed by atoms with Gasteiger partial charge in [-0.05, 0) is 55.9 Å². The van der Waals surface area contributed by atoms with Crippen molar-refractivity contribution in [3.63, 3.8) is 0 Å². The van der Waals surface area contributed by atoms with Crippen LogP contribution in [0.3, 0.4) is 0 Å². The Morgan fingerprint density at radius 1 is 1.09 bits per heavy atom. The summed E-state index contributed by atoms with van der Waals surface area (Å²) in [5.41, 5.74) is 0.0184. The lowest BCUT2D eigenvalue weighted by Crippen LogP contribution is -2.46. The topological polar surface area (TPSA) is 170 Å². The molecule has 0 unspecified atom stereocenters. The van der Waals surface area contributed by atoms with Gasteiger partial charge in [0.05, 0.1) is 4.90 Å². The van der Waals surface area contributed by atoms with Crippen molar-refractivity contribution in [3.05, 3.63) is 29.8 Å². The molecule has 34 heavy (non-hydrogen) atoms. The highest BCUT2D eigenvalue weighted by molar-refractivity contribution is 7.89. The first kappa shape index (κ1) is 27.3. The van der Waals surface area contributed by atoms with Crippen molar-refractivity contribution in [1.29, 1.82) is 0 Å². The minimum absolute atomic E-state index is 0.0184. The van der Waals surface area contributed by atoms with Gasteiger partial charge in [-0.2, -0.15) is 4.31 Å². The molecule has 0 saturated carbocycles. The second-order valence-electron chi connectivity index (χ2n) is 8.57. The molecule has 1 aromatic carbocycles. The minimum atomic E-state index is -3.99. The zero-order valence-corrected chi connectivity index (χ0v) is 20.0. The molecule has 0 bridgehead atoms. The molecule has 0 spiro atoms. The SMILES string of the molecule is CC(C)CCNC(=O)[C@H]1CCCN1S(=O)(=O)c1ccc(C(=O)N[C@@H](CCC(=O)O)C(=O)O)cc1. The van der Waals surface area contributed by atoms with E-state index in [2.05, 4.69) is 10.6 Å². The monoisotopic (exact) mass is 497 g/mol. The highest BCUT2D eigenvalue weighted by Gasteiger charge is 2.39. The van der Waals surface area contributed by atoms with Crippen LogP contribution in [-0.4, -0.2) is 71.9 Å². The number of amides is 2. The van der Waals surface area contributed by atoms with Crippen molar-refractivity contribution in [2.75, 3.05) is 13.1 Å². The number of aliphatic carboxylic acids is 2. The smallest absolute Gasteiger partial charge is 0.326 e. The number of nitrogens with zero attached hydrogens (tertiary/aromatic N) is 1. The number of benzene rings is 1. The molecule has 2 atom stereocenters. The molecule has 1 fully saturated rings. The third kappa shape index (κ3) is 7.26. The van der Waals surface area contributed by atoms with Gasteiger partial charge in [-0.15, -0.1) is 0 Å². The summed E-state index contributed by atoms with van der Waals surface area (Å²) in [6.07, 6.45) is 1.03. The third-order valence-corrected chi connectivity index (χ3v) is 7.42. The van der Waals surface area contributed by atoms with Gasteiger partial charge >= 0.3 is 11.9 Å². The minimum Gasteiger partial charge on any atom is -0.481 e. The van der Waals surface area contributed by atoms with E-state index < -0.39 is 46.4 Å². The average Bonchev–Trinajstić information content (AvgIpc) is 3.27. The van der Waals surface area contributed by atoms with Crippen LogP contribution in [0.25, 0.3) is 0 Å². The number of nitrogens with one attached hydrogen (secondary N) is 2. The maximum absolute atomic E-state index is 13.1. The van der Waals surface area contributed by atoms with Gasteiger partial charge in [0, 0.05) is 25.1 Å². The van der Waals surface area contributed by atoms with E-state index in [1.165, 1.54) is 28.6 Å². The van der Waals surface area contributed by atoms with Crippen molar-refractivity contribution < 1.29 is 37.8 Å². The number of rotatable bonds is 12. The molecule has 1 saturated heterocycles. The largest absolute Gasteiger partial charge is 0.481 e. The summed E-state index contributed by atoms with van der Waals surface area (Å²) in [5.74, 6) is -3.27. The summed E-state index contributed by atoms with van der Waals surface area (Å²) in [6.45, 7) is 4.73. The van der Waals surface area contributed by atoms with Crippen LogP contribution in [0.2, 0.25) is 0 Å². The molecule has 188 valence electrons. The Hall–Kier alpha value is -2.99. The number of hydrogen-bond acceptors (Lipinski definition) is 6. The van der Waals surface area contributed by atoms with Crippen molar-refractivity contribution in [1.82, 2.24) is 14.9 Å². The number of carboxylic acids is 2. The number of hydrogen-bond donors (Lipinski definition) is 4. The van der Waals surface area contributed by atoms with Gasteiger partial charge in [0.25, 0.3) is 5.91 Å². The predicted molar refractivity (Wildman–Crippen MR) is 122 cm³/mol. The van der Waals surface area contributed by atoms with Crippen LogP contribution in [-0.2, 0) is 24.4 Å². The van der Waals surface area contributed by atoms with Crippen molar-refractivity contribution >= 4 is 33.8 Å². The van der Waals surface area contributed by atoms with Crippen LogP contribution >= 0.6 is 0 Å². The summed E-state index contributed by atoms with van der Waals surface area (Å²) < 4.78 is 27.4. The molecule has 11 nitrogen and oxygen atoms in total. The summed E-state index contributed by atoms with van der Waals surface area (Å²) in [7, 11) is -3.99. The Balaban J connectivity index is 2.09. The van der Waals surface area contributed by atoms with E-state index >= 15 is 0 Å². The van der Waals surface area contributed by atoms with Gasteiger partial charge in [0.2, 0.25) is 15.9 Å². The Labute approximate surface area is 198 Å². The highest BCUT2D eigenvalue weighted by Crippen LogP contribution is 2.26. The molecular weight excluding hydrogens is 466 g/mol. The molecule has 12 heteroatoms. The van der Waals surface area contributed by atoms with Gasteiger partial charge < -0.3 is 20.8 Å². The van der Waals surface area contributed by atoms with Crippen LogP contribution in [0.5, 0.6) is 0 Å². The fraction of sp³-hybridized carbons (Fsp3) is 0.545. The molecule has 0 aliphatic carbocycles. The standard InChI is InChI=1S/C22H31N3O8S/c1-14(2)11-12-23-21(29)18-4-3-13-25(18)34(32,33)16-7-5-15(6-8-16)20(28)24-17(22(30)31)9-10-19(26)27/h5-8,14,17-18H,3-4,9-13H2,1-2H3,(H,23,29)(H,24,28)(H,26,27)(H,30,31)/t17-,18+/m0/s1. The van der Waals surface area contributed by atoms with Crippen LogP contribution in [0.15, 0.2) is 29.2 Å². The molecule has 0 radical (unpaired) electrons. The Bertz CT molecular complexity index is 1010. The summed E-state index contributed by atoms with van der Waals surface area (Å²) >= 11 is 0. The van der Waals surface area contributed by atoms with E-state index in [1.54, 1.807) is 0 Å². The zero-order chi connectivity index (χ0) is 25.5. The molecule has 2 amide bonds. The van der Waals surface area contributed by atoms with Crippen molar-refractivity contribution in [2.24, 2.45) is 5.92 Å². The molecule has 4 N–H and O–H groups in total. The first-order chi connectivity index (χ1) is 15.9. The summed E-state index contributed by atoms with van der Waals surface area (Å²) in [6, 6.07) is 2.74. The Morgan fingerprint density at radius 3 is 2.29 bits per heavy atom. The van der Waals surface area contributed by atoms with E-state index in [-0.39, 0.29) is 29.3 Å². The fourth-order valence-corrected chi connectivity index (χ4v) is 5.23. The number of carboxylic acid groups (broad SMARTS) is 2. The molecule has 1 aliphatic rings. The van der Waals surface area contributed by atoms with Gasteiger partial charge in [-0.1, -0.05) is 13.8 Å². The van der Waals surface area contributed by atoms with Gasteiger partial charge in [0.15, 0.2) is 0 Å². The maximum Gasteiger partial charge on any atom is 0.326 e. The lowest BCUT2D eigenvalue weighted by molar-refractivity contribution is -0.140. The lowest BCUT2D eigenvalue weighted by atomic mass is 10.1. The Morgan fingerprint density at radius 2 is 1.74 bits per heavy atom. The predicted octanol–water partition coefficient (Wildman–Crippen LogP) is 1.05. The first-order valence-electron chi connectivity index (χ1n) is 11.1. The van der Waals surface area contributed by atoms with Crippen molar-refractivity contribution in [3.8, 4) is 0 Å². The summed E-state index contributed by atoms with van der Waals surface area (Å²) in [5, 5.41) is 22.9. The van der Waals surface area contributed by atoms with Crippen LogP contribution in [0.1, 0.15) is 56.3 Å². The molecule has 0 aromatic heterocycles. The van der Waals surface area contributed by atoms with E-state index in [1.807, 2.05) is 13.8 Å². The number of carbonyl (C=O) groups excluding carboxylic acids is 2. The van der Waals surface area contributed by atoms with Crippen molar-refractivity contribution in [2.45, 2.75) is 62.9 Å². The molecule has 1 heterocycles. The highest BCUT2D eigenvalue weighted by atomic mass is 32.2. The van der Waals surface area contributed by atoms with E-state index in [0.29, 0.717) is 25.3 Å². The third-order valence-electron chi connectivity index (χ3n) is 5.50. The number of sulfonamides is 1. The number of carbonyl (C=O) groups is 4. The van der Waals surface area contributed by atoms with Crippen LogP contribution in [0.4, 0.5) is 0 Å². The van der Waals surface area contributed by atoms with E-state index in [0.717, 1.165) is 6.42 Å². The normalized spacial score (nSPS) is 17.3. The van der Waals surface area contributed by atoms with Crippen LogP contribution < -0.4 is 10.6 Å². The second-order valence-corrected chi connectivity index (χ2v) is 10.5. The lowest BCUT2D eigenvalue weighted by Gasteiger charge is -2.23. The van der Waals surface area contributed by atoms with Gasteiger partial charge in [-0.25, -0.2) is 13.2 Å². The van der Waals surface area contributed by atoms with Gasteiger partial charge in [0.1, 0.15) is 12.1 Å². The fourth-order valence-electron chi connectivity index (χ4n) is 3.57. The zero-order valence-electron chi connectivity index (χ0n) is 19.2. The quantitative estimate of drug-likeness (QED) is 0.332. The molecular formula is C22H31N3O8S. The Kier molecular flexibility index (Phi) is 9.56. The molecule has 1 aromatic rings. The van der Waals surface area contributed by atoms with E-state index in [4.69, 9.17) is 5.11 Å². The second kappa shape index (κ2) is 11.9.